The van der Waals surface area contributed by atoms with Crippen LogP contribution >= 0.6 is 11.6 Å². The van der Waals surface area contributed by atoms with Crippen LogP contribution in [0.5, 0.6) is 0 Å². The summed E-state index contributed by atoms with van der Waals surface area (Å²) in [5.74, 6) is 5.60. The van der Waals surface area contributed by atoms with Gasteiger partial charge in [-0.2, -0.15) is 0 Å². The first-order chi connectivity index (χ1) is 11.2. The first kappa shape index (κ1) is 15.4. The molecule has 1 aliphatic heterocycles. The van der Waals surface area contributed by atoms with Gasteiger partial charge < -0.3 is 11.1 Å². The van der Waals surface area contributed by atoms with Gasteiger partial charge in [0.1, 0.15) is 5.82 Å². The van der Waals surface area contributed by atoms with E-state index in [9.17, 15) is 4.39 Å². The molecule has 0 radical (unpaired) electrons. The molecule has 0 aliphatic carbocycles. The summed E-state index contributed by atoms with van der Waals surface area (Å²) in [6.45, 7) is 0.275. The molecule has 4 heteroatoms. The van der Waals surface area contributed by atoms with Gasteiger partial charge in [-0.05, 0) is 35.6 Å². The molecule has 0 bridgehead atoms. The molecule has 114 valence electrons. The Balaban J connectivity index is 2.43. The fraction of sp³-hybridized carbons (Fsp3) is 0.0526. The van der Waals surface area contributed by atoms with Crippen LogP contribution in [-0.2, 0) is 0 Å². The number of benzene rings is 2. The summed E-state index contributed by atoms with van der Waals surface area (Å²) in [6.07, 6.45) is 3.60. The lowest BCUT2D eigenvalue weighted by Crippen LogP contribution is -2.31. The predicted octanol–water partition coefficient (Wildman–Crippen LogP) is 1.87. The van der Waals surface area contributed by atoms with Crippen LogP contribution in [0, 0.1) is 17.7 Å². The van der Waals surface area contributed by atoms with Crippen molar-refractivity contribution in [3.05, 3.63) is 81.6 Å². The fourth-order valence-corrected chi connectivity index (χ4v) is 2.65. The monoisotopic (exact) mass is 324 g/mol. The number of hydrogen-bond donors (Lipinski definition) is 2. The van der Waals surface area contributed by atoms with E-state index < -0.39 is 0 Å². The molecule has 1 heterocycles. The number of allylic oxidation sites excluding steroid dienone is 1. The number of nitrogens with two attached hydrogens (primary N) is 1. The molecule has 0 fully saturated rings. The van der Waals surface area contributed by atoms with Gasteiger partial charge in [0.2, 0.25) is 0 Å². The van der Waals surface area contributed by atoms with Crippen molar-refractivity contribution in [2.45, 2.75) is 0 Å². The van der Waals surface area contributed by atoms with Crippen LogP contribution in [-0.4, -0.2) is 6.54 Å². The highest BCUT2D eigenvalue weighted by Crippen LogP contribution is 2.15. The minimum atomic E-state index is -0.300. The minimum absolute atomic E-state index is 0.275. The molecule has 2 nitrogen and oxygen atoms in total. The average molecular weight is 325 g/mol. The Labute approximate surface area is 138 Å². The molecular formula is C19H14ClFN2. The van der Waals surface area contributed by atoms with Gasteiger partial charge in [0.25, 0.3) is 0 Å². The molecular weight excluding hydrogens is 311 g/mol. The largest absolute Gasteiger partial charge is 0.361 e. The van der Waals surface area contributed by atoms with E-state index in [4.69, 9.17) is 17.3 Å². The predicted molar refractivity (Wildman–Crippen MR) is 92.1 cm³/mol. The lowest BCUT2D eigenvalue weighted by molar-refractivity contribution is 0.623. The quantitative estimate of drug-likeness (QED) is 0.786. The summed E-state index contributed by atoms with van der Waals surface area (Å²) in [7, 11) is 0. The molecule has 0 aromatic heterocycles. The van der Waals surface area contributed by atoms with Crippen LogP contribution in [0.1, 0.15) is 5.56 Å². The van der Waals surface area contributed by atoms with Crippen molar-refractivity contribution in [1.29, 1.82) is 0 Å². The van der Waals surface area contributed by atoms with Gasteiger partial charge in [-0.3, -0.25) is 0 Å². The van der Waals surface area contributed by atoms with Crippen molar-refractivity contribution in [3.8, 4) is 11.8 Å². The van der Waals surface area contributed by atoms with Gasteiger partial charge in [-0.25, -0.2) is 4.39 Å². The molecule has 0 amide bonds. The van der Waals surface area contributed by atoms with E-state index in [2.05, 4.69) is 17.2 Å². The highest BCUT2D eigenvalue weighted by molar-refractivity contribution is 6.30. The normalized spacial score (nSPS) is 12.8. The second-order valence-electron chi connectivity index (χ2n) is 4.94. The lowest BCUT2D eigenvalue weighted by atomic mass is 10.1. The third-order valence-corrected chi connectivity index (χ3v) is 3.72. The van der Waals surface area contributed by atoms with Crippen LogP contribution in [0.15, 0.2) is 54.7 Å². The van der Waals surface area contributed by atoms with Crippen molar-refractivity contribution in [2.75, 3.05) is 6.54 Å². The summed E-state index contributed by atoms with van der Waals surface area (Å²) in [4.78, 5) is 0. The lowest BCUT2D eigenvalue weighted by Gasteiger charge is -2.09. The zero-order chi connectivity index (χ0) is 16.2. The fourth-order valence-electron chi connectivity index (χ4n) is 2.48. The maximum Gasteiger partial charge on any atom is 0.132 e. The maximum absolute atomic E-state index is 14.2. The van der Waals surface area contributed by atoms with Crippen molar-refractivity contribution < 1.29 is 4.39 Å². The molecule has 0 saturated heterocycles. The third kappa shape index (κ3) is 3.14. The smallest absolute Gasteiger partial charge is 0.132 e. The van der Waals surface area contributed by atoms with E-state index in [1.54, 1.807) is 30.5 Å². The van der Waals surface area contributed by atoms with Gasteiger partial charge in [-0.1, -0.05) is 41.6 Å². The summed E-state index contributed by atoms with van der Waals surface area (Å²) < 4.78 is 14.2. The molecule has 0 spiro atoms. The van der Waals surface area contributed by atoms with Crippen molar-refractivity contribution in [2.24, 2.45) is 5.73 Å². The summed E-state index contributed by atoms with van der Waals surface area (Å²) >= 11 is 6.15. The third-order valence-electron chi connectivity index (χ3n) is 3.49. The SMILES string of the molecule is NCC#CC1=c2ccc(Cl)cc2=C(c2ccccc2F)NC=C1. The molecule has 3 N–H and O–H groups in total. The summed E-state index contributed by atoms with van der Waals surface area (Å²) in [6, 6.07) is 12.1. The Kier molecular flexibility index (Phi) is 4.47. The van der Waals surface area contributed by atoms with Gasteiger partial charge >= 0.3 is 0 Å². The van der Waals surface area contributed by atoms with E-state index >= 15 is 0 Å². The van der Waals surface area contributed by atoms with Crippen LogP contribution in [0.2, 0.25) is 5.02 Å². The first-order valence-corrected chi connectivity index (χ1v) is 7.49. The van der Waals surface area contributed by atoms with E-state index in [0.29, 0.717) is 16.3 Å². The minimum Gasteiger partial charge on any atom is -0.361 e. The van der Waals surface area contributed by atoms with E-state index in [-0.39, 0.29) is 12.4 Å². The molecule has 3 rings (SSSR count). The summed E-state index contributed by atoms with van der Waals surface area (Å²) in [5, 5.41) is 5.41. The molecule has 0 atom stereocenters. The number of nitrogens with one attached hydrogen (secondary N) is 1. The second-order valence-corrected chi connectivity index (χ2v) is 5.38. The molecule has 2 aromatic rings. The van der Waals surface area contributed by atoms with E-state index in [1.165, 1.54) is 6.07 Å². The topological polar surface area (TPSA) is 38.0 Å². The number of halogens is 2. The number of fused-ring (bicyclic) bond motifs is 1. The Hall–Kier alpha value is -2.54. The Morgan fingerprint density at radius 2 is 1.96 bits per heavy atom. The molecule has 0 unspecified atom stereocenters. The zero-order valence-electron chi connectivity index (χ0n) is 12.2. The van der Waals surface area contributed by atoms with Crippen LogP contribution in [0.3, 0.4) is 0 Å². The van der Waals surface area contributed by atoms with E-state index in [1.807, 2.05) is 18.2 Å². The summed E-state index contributed by atoms with van der Waals surface area (Å²) in [5.41, 5.74) is 7.41. The molecule has 1 aliphatic rings. The number of rotatable bonds is 1. The zero-order valence-corrected chi connectivity index (χ0v) is 13.0. The molecule has 2 aromatic carbocycles. The van der Waals surface area contributed by atoms with Gasteiger partial charge in [0.05, 0.1) is 12.2 Å². The van der Waals surface area contributed by atoms with E-state index in [0.717, 1.165) is 16.0 Å². The Bertz CT molecular complexity index is 965. The Morgan fingerprint density at radius 3 is 2.74 bits per heavy atom. The Morgan fingerprint density at radius 1 is 1.13 bits per heavy atom. The van der Waals surface area contributed by atoms with Crippen molar-refractivity contribution >= 4 is 22.9 Å². The van der Waals surface area contributed by atoms with Crippen molar-refractivity contribution in [3.63, 3.8) is 0 Å². The maximum atomic E-state index is 14.2. The van der Waals surface area contributed by atoms with Crippen LogP contribution < -0.4 is 21.5 Å². The number of hydrogen-bond acceptors (Lipinski definition) is 2. The second kappa shape index (κ2) is 6.70. The van der Waals surface area contributed by atoms with Gasteiger partial charge in [0, 0.05) is 27.6 Å². The standard InChI is InChI=1S/C19H14ClFN2/c20-14-7-8-15-13(4-3-10-22)9-11-23-19(17(15)12-14)16-5-1-2-6-18(16)21/h1-2,5-9,11-12,23H,10,22H2. The van der Waals surface area contributed by atoms with Gasteiger partial charge in [0.15, 0.2) is 0 Å². The molecule has 0 saturated carbocycles. The van der Waals surface area contributed by atoms with Gasteiger partial charge in [-0.15, -0.1) is 0 Å². The van der Waals surface area contributed by atoms with Crippen molar-refractivity contribution in [1.82, 2.24) is 5.32 Å². The first-order valence-electron chi connectivity index (χ1n) is 7.12. The average Bonchev–Trinajstić information content (AvgIpc) is 2.72. The highest BCUT2D eigenvalue weighted by Gasteiger charge is 2.10. The molecule has 23 heavy (non-hydrogen) atoms. The highest BCUT2D eigenvalue weighted by atomic mass is 35.5. The van der Waals surface area contributed by atoms with Crippen LogP contribution in [0.25, 0.3) is 11.3 Å². The van der Waals surface area contributed by atoms with Crippen LogP contribution in [0.4, 0.5) is 4.39 Å².